The highest BCUT2D eigenvalue weighted by Crippen LogP contribution is 2.18. The van der Waals surface area contributed by atoms with Crippen LogP contribution in [0.25, 0.3) is 0 Å². The molecule has 2 aromatic rings. The fourth-order valence-electron chi connectivity index (χ4n) is 2.55. The third-order valence-electron chi connectivity index (χ3n) is 3.63. The molecular formula is C20H25NO3. The SMILES string of the molecule is CCOc1ccc([C@H](C)NC(=O)COc2cc(C)cc(C)c2)cc1. The third-order valence-corrected chi connectivity index (χ3v) is 3.63. The zero-order valence-corrected chi connectivity index (χ0v) is 14.8. The van der Waals surface area contributed by atoms with E-state index >= 15 is 0 Å². The summed E-state index contributed by atoms with van der Waals surface area (Å²) in [5.74, 6) is 1.41. The largest absolute Gasteiger partial charge is 0.494 e. The van der Waals surface area contributed by atoms with Crippen LogP contribution in [0, 0.1) is 13.8 Å². The van der Waals surface area contributed by atoms with Crippen molar-refractivity contribution in [1.82, 2.24) is 5.32 Å². The molecular weight excluding hydrogens is 302 g/mol. The molecule has 4 nitrogen and oxygen atoms in total. The van der Waals surface area contributed by atoms with Crippen molar-refractivity contribution in [2.24, 2.45) is 0 Å². The number of ether oxygens (including phenoxy) is 2. The number of amides is 1. The Kier molecular flexibility index (Phi) is 6.24. The second-order valence-corrected chi connectivity index (χ2v) is 5.90. The van der Waals surface area contributed by atoms with Gasteiger partial charge in [0, 0.05) is 0 Å². The number of benzene rings is 2. The van der Waals surface area contributed by atoms with Crippen molar-refractivity contribution >= 4 is 5.91 Å². The number of rotatable bonds is 7. The van der Waals surface area contributed by atoms with Gasteiger partial charge in [0.25, 0.3) is 5.91 Å². The van der Waals surface area contributed by atoms with E-state index < -0.39 is 0 Å². The number of carbonyl (C=O) groups is 1. The Hall–Kier alpha value is -2.49. The van der Waals surface area contributed by atoms with Crippen molar-refractivity contribution < 1.29 is 14.3 Å². The highest BCUT2D eigenvalue weighted by atomic mass is 16.5. The van der Waals surface area contributed by atoms with Gasteiger partial charge in [0.1, 0.15) is 11.5 Å². The summed E-state index contributed by atoms with van der Waals surface area (Å²) in [6, 6.07) is 13.6. The maximum atomic E-state index is 12.1. The molecule has 2 rings (SSSR count). The highest BCUT2D eigenvalue weighted by Gasteiger charge is 2.10. The summed E-state index contributed by atoms with van der Waals surface area (Å²) in [5.41, 5.74) is 3.26. The van der Waals surface area contributed by atoms with Crippen LogP contribution in [0.5, 0.6) is 11.5 Å². The standard InChI is InChI=1S/C20H25NO3/c1-5-23-18-8-6-17(7-9-18)16(4)21-20(22)13-24-19-11-14(2)10-15(3)12-19/h6-12,16H,5,13H2,1-4H3,(H,21,22)/t16-/m0/s1. The molecule has 0 saturated heterocycles. The van der Waals surface area contributed by atoms with E-state index in [9.17, 15) is 4.79 Å². The molecule has 128 valence electrons. The van der Waals surface area contributed by atoms with E-state index in [-0.39, 0.29) is 18.6 Å². The molecule has 2 aromatic carbocycles. The molecule has 0 unspecified atom stereocenters. The lowest BCUT2D eigenvalue weighted by molar-refractivity contribution is -0.123. The lowest BCUT2D eigenvalue weighted by Gasteiger charge is -2.15. The van der Waals surface area contributed by atoms with Gasteiger partial charge in [-0.15, -0.1) is 0 Å². The molecule has 0 aliphatic rings. The smallest absolute Gasteiger partial charge is 0.258 e. The molecule has 0 fully saturated rings. The van der Waals surface area contributed by atoms with Crippen LogP contribution in [0.3, 0.4) is 0 Å². The van der Waals surface area contributed by atoms with Gasteiger partial charge in [-0.2, -0.15) is 0 Å². The second-order valence-electron chi connectivity index (χ2n) is 5.90. The van der Waals surface area contributed by atoms with Gasteiger partial charge in [-0.3, -0.25) is 4.79 Å². The highest BCUT2D eigenvalue weighted by molar-refractivity contribution is 5.78. The van der Waals surface area contributed by atoms with Crippen LogP contribution in [-0.2, 0) is 4.79 Å². The van der Waals surface area contributed by atoms with Gasteiger partial charge >= 0.3 is 0 Å². The van der Waals surface area contributed by atoms with Gasteiger partial charge in [0.15, 0.2) is 6.61 Å². The van der Waals surface area contributed by atoms with Crippen molar-refractivity contribution in [1.29, 1.82) is 0 Å². The number of aryl methyl sites for hydroxylation is 2. The molecule has 1 amide bonds. The fourth-order valence-corrected chi connectivity index (χ4v) is 2.55. The maximum absolute atomic E-state index is 12.1. The minimum absolute atomic E-state index is 0.00423. The van der Waals surface area contributed by atoms with Crippen LogP contribution in [0.4, 0.5) is 0 Å². The monoisotopic (exact) mass is 327 g/mol. The van der Waals surface area contributed by atoms with Gasteiger partial charge in [0.05, 0.1) is 12.6 Å². The van der Waals surface area contributed by atoms with Crippen LogP contribution < -0.4 is 14.8 Å². The van der Waals surface area contributed by atoms with E-state index in [0.29, 0.717) is 6.61 Å². The Morgan fingerprint density at radius 1 is 1.00 bits per heavy atom. The minimum Gasteiger partial charge on any atom is -0.494 e. The predicted octanol–water partition coefficient (Wildman–Crippen LogP) is 3.96. The first-order valence-electron chi connectivity index (χ1n) is 8.21. The number of hydrogen-bond donors (Lipinski definition) is 1. The predicted molar refractivity (Wildman–Crippen MR) is 95.6 cm³/mol. The quantitative estimate of drug-likeness (QED) is 0.837. The Morgan fingerprint density at radius 2 is 1.62 bits per heavy atom. The Balaban J connectivity index is 1.86. The van der Waals surface area contributed by atoms with E-state index in [4.69, 9.17) is 9.47 Å². The summed E-state index contributed by atoms with van der Waals surface area (Å²) in [6.45, 7) is 8.56. The Morgan fingerprint density at radius 3 is 2.21 bits per heavy atom. The topological polar surface area (TPSA) is 47.6 Å². The Labute approximate surface area is 143 Å². The third kappa shape index (κ3) is 5.30. The average Bonchev–Trinajstić information content (AvgIpc) is 2.53. The molecule has 0 aliphatic heterocycles. The molecule has 4 heteroatoms. The first kappa shape index (κ1) is 17.9. The molecule has 0 saturated carbocycles. The average molecular weight is 327 g/mol. The van der Waals surface area contributed by atoms with E-state index in [2.05, 4.69) is 11.4 Å². The molecule has 24 heavy (non-hydrogen) atoms. The number of carbonyl (C=O) groups excluding carboxylic acids is 1. The van der Waals surface area contributed by atoms with E-state index in [1.54, 1.807) is 0 Å². The van der Waals surface area contributed by atoms with Crippen molar-refractivity contribution in [3.63, 3.8) is 0 Å². The van der Waals surface area contributed by atoms with E-state index in [1.807, 2.05) is 64.1 Å². The second kappa shape index (κ2) is 8.39. The Bertz CT molecular complexity index is 660. The number of nitrogens with one attached hydrogen (secondary N) is 1. The van der Waals surface area contributed by atoms with Crippen molar-refractivity contribution in [3.8, 4) is 11.5 Å². The van der Waals surface area contributed by atoms with Crippen molar-refractivity contribution in [2.45, 2.75) is 33.7 Å². The molecule has 0 bridgehead atoms. The maximum Gasteiger partial charge on any atom is 0.258 e. The van der Waals surface area contributed by atoms with Crippen molar-refractivity contribution in [3.05, 3.63) is 59.2 Å². The lowest BCUT2D eigenvalue weighted by Crippen LogP contribution is -2.31. The first-order chi connectivity index (χ1) is 11.5. The molecule has 0 heterocycles. The van der Waals surface area contributed by atoms with Crippen LogP contribution in [0.1, 0.15) is 36.6 Å². The van der Waals surface area contributed by atoms with E-state index in [1.165, 1.54) is 0 Å². The molecule has 0 aromatic heterocycles. The molecule has 0 radical (unpaired) electrons. The summed E-state index contributed by atoms with van der Waals surface area (Å²) in [6.07, 6.45) is 0. The van der Waals surface area contributed by atoms with E-state index in [0.717, 1.165) is 28.2 Å². The molecule has 1 N–H and O–H groups in total. The van der Waals surface area contributed by atoms with Gasteiger partial charge in [-0.05, 0) is 68.7 Å². The zero-order valence-electron chi connectivity index (χ0n) is 14.8. The zero-order chi connectivity index (χ0) is 17.5. The van der Waals surface area contributed by atoms with Gasteiger partial charge in [-0.25, -0.2) is 0 Å². The summed E-state index contributed by atoms with van der Waals surface area (Å²) >= 11 is 0. The number of hydrogen-bond acceptors (Lipinski definition) is 3. The molecule has 0 aliphatic carbocycles. The van der Waals surface area contributed by atoms with Crippen LogP contribution in [0.2, 0.25) is 0 Å². The normalized spacial score (nSPS) is 11.7. The summed E-state index contributed by atoms with van der Waals surface area (Å²) in [5, 5.41) is 2.94. The summed E-state index contributed by atoms with van der Waals surface area (Å²) in [4.78, 5) is 12.1. The van der Waals surface area contributed by atoms with Gasteiger partial charge in [-0.1, -0.05) is 18.2 Å². The van der Waals surface area contributed by atoms with Crippen molar-refractivity contribution in [2.75, 3.05) is 13.2 Å². The minimum atomic E-state index is -0.143. The summed E-state index contributed by atoms with van der Waals surface area (Å²) in [7, 11) is 0. The summed E-state index contributed by atoms with van der Waals surface area (Å²) < 4.78 is 11.0. The molecule has 1 atom stereocenters. The first-order valence-corrected chi connectivity index (χ1v) is 8.21. The van der Waals surface area contributed by atoms with Gasteiger partial charge in [0.2, 0.25) is 0 Å². The molecule has 0 spiro atoms. The van der Waals surface area contributed by atoms with Gasteiger partial charge < -0.3 is 14.8 Å². The van der Waals surface area contributed by atoms with Crippen LogP contribution in [0.15, 0.2) is 42.5 Å². The van der Waals surface area contributed by atoms with Crippen LogP contribution >= 0.6 is 0 Å². The lowest BCUT2D eigenvalue weighted by atomic mass is 10.1. The van der Waals surface area contributed by atoms with Crippen LogP contribution in [-0.4, -0.2) is 19.1 Å². The fraction of sp³-hybridized carbons (Fsp3) is 0.350.